The molecule has 11 heteroatoms. The summed E-state index contributed by atoms with van der Waals surface area (Å²) in [6.45, 7) is 5.61. The largest absolute Gasteiger partial charge is 0.416 e. The van der Waals surface area contributed by atoms with Gasteiger partial charge in [-0.15, -0.1) is 0 Å². The number of carbonyl (C=O) groups excluding carboxylic acids is 1. The Kier molecular flexibility index (Phi) is 8.07. The minimum atomic E-state index is -4.46. The second-order valence-corrected chi connectivity index (χ2v) is 10.6. The van der Waals surface area contributed by atoms with E-state index in [1.54, 1.807) is 12.3 Å². The first-order valence-corrected chi connectivity index (χ1v) is 13.7. The van der Waals surface area contributed by atoms with Crippen molar-refractivity contribution in [2.24, 2.45) is 0 Å². The number of aryl methyl sites for hydroxylation is 2. The molecular formula is C31H30F3N5O2S. The summed E-state index contributed by atoms with van der Waals surface area (Å²) in [7, 11) is 1.46. The fourth-order valence-electron chi connectivity index (χ4n) is 5.51. The molecule has 2 atom stereocenters. The number of aromatic nitrogens is 2. The van der Waals surface area contributed by atoms with E-state index in [0.29, 0.717) is 16.5 Å². The Balaban J connectivity index is 1.61. The molecule has 218 valence electrons. The summed E-state index contributed by atoms with van der Waals surface area (Å²) in [5.74, 6) is -0.262. The Morgan fingerprint density at radius 2 is 1.83 bits per heavy atom. The molecule has 1 fully saturated rings. The number of ether oxygens (including phenoxy) is 1. The lowest BCUT2D eigenvalue weighted by Crippen LogP contribution is -2.29. The number of pyridine rings is 1. The number of hydrogen-bond acceptors (Lipinski definition) is 4. The van der Waals surface area contributed by atoms with Crippen molar-refractivity contribution in [2.45, 2.75) is 39.0 Å². The molecule has 7 nitrogen and oxygen atoms in total. The number of hydrogen-bond donors (Lipinski definition) is 2. The van der Waals surface area contributed by atoms with Gasteiger partial charge in [0.2, 0.25) is 5.91 Å². The first kappa shape index (κ1) is 29.3. The molecule has 42 heavy (non-hydrogen) atoms. The van der Waals surface area contributed by atoms with Crippen LogP contribution in [0.2, 0.25) is 0 Å². The molecule has 1 amide bonds. The SMILES string of the molecule is COCC(=O)Nc1ccc(N2C(=S)N[C@@H](c3ccccn3)[C@@H]2c2cc(C)n(-c3cccc(C(F)(F)F)c3)c2C)cc1C. The van der Waals surface area contributed by atoms with Crippen LogP contribution in [0.4, 0.5) is 24.5 Å². The van der Waals surface area contributed by atoms with Gasteiger partial charge in [-0.3, -0.25) is 9.78 Å². The van der Waals surface area contributed by atoms with Crippen molar-refractivity contribution in [3.63, 3.8) is 0 Å². The minimum Gasteiger partial charge on any atom is -0.375 e. The number of methoxy groups -OCH3 is 1. The Bertz CT molecular complexity index is 1640. The van der Waals surface area contributed by atoms with Gasteiger partial charge in [0.1, 0.15) is 6.61 Å². The van der Waals surface area contributed by atoms with Crippen molar-refractivity contribution in [2.75, 3.05) is 23.9 Å². The van der Waals surface area contributed by atoms with E-state index in [1.165, 1.54) is 13.2 Å². The van der Waals surface area contributed by atoms with E-state index >= 15 is 0 Å². The molecule has 0 spiro atoms. The van der Waals surface area contributed by atoms with Gasteiger partial charge in [0, 0.05) is 41.8 Å². The molecule has 1 aliphatic heterocycles. The summed E-state index contributed by atoms with van der Waals surface area (Å²) in [4.78, 5) is 18.7. The third-order valence-electron chi connectivity index (χ3n) is 7.36. The predicted molar refractivity (Wildman–Crippen MR) is 160 cm³/mol. The van der Waals surface area contributed by atoms with E-state index in [-0.39, 0.29) is 24.6 Å². The van der Waals surface area contributed by atoms with Gasteiger partial charge in [-0.25, -0.2) is 0 Å². The lowest BCUT2D eigenvalue weighted by molar-refractivity contribution is -0.137. The zero-order valence-electron chi connectivity index (χ0n) is 23.5. The first-order chi connectivity index (χ1) is 20.0. The first-order valence-electron chi connectivity index (χ1n) is 13.3. The van der Waals surface area contributed by atoms with E-state index in [4.69, 9.17) is 17.0 Å². The minimum absolute atomic E-state index is 0.0589. The molecule has 2 aromatic carbocycles. The second kappa shape index (κ2) is 11.6. The van der Waals surface area contributed by atoms with Crippen LogP contribution in [0.15, 0.2) is 72.9 Å². The van der Waals surface area contributed by atoms with Gasteiger partial charge in [-0.05, 0) is 98.7 Å². The maximum Gasteiger partial charge on any atom is 0.416 e. The third kappa shape index (κ3) is 5.62. The monoisotopic (exact) mass is 593 g/mol. The van der Waals surface area contributed by atoms with Crippen LogP contribution < -0.4 is 15.5 Å². The number of rotatable bonds is 7. The molecule has 0 aliphatic carbocycles. The fourth-order valence-corrected chi connectivity index (χ4v) is 5.86. The Labute approximate surface area is 247 Å². The number of benzene rings is 2. The highest BCUT2D eigenvalue weighted by Gasteiger charge is 2.42. The third-order valence-corrected chi connectivity index (χ3v) is 7.67. The molecule has 0 unspecified atom stereocenters. The van der Waals surface area contributed by atoms with E-state index < -0.39 is 11.7 Å². The van der Waals surface area contributed by atoms with Crippen LogP contribution in [0.3, 0.4) is 0 Å². The summed E-state index contributed by atoms with van der Waals surface area (Å²) in [5.41, 5.74) is 5.22. The summed E-state index contributed by atoms with van der Waals surface area (Å²) in [6, 6.07) is 17.9. The van der Waals surface area contributed by atoms with Crippen LogP contribution in [-0.2, 0) is 15.7 Å². The number of halogens is 3. The van der Waals surface area contributed by atoms with Crippen LogP contribution in [-0.4, -0.2) is 34.3 Å². The van der Waals surface area contributed by atoms with Gasteiger partial charge in [-0.2, -0.15) is 13.2 Å². The summed E-state index contributed by atoms with van der Waals surface area (Å²) in [6.07, 6.45) is -2.74. The molecule has 2 aromatic heterocycles. The van der Waals surface area contributed by atoms with Gasteiger partial charge < -0.3 is 24.8 Å². The van der Waals surface area contributed by atoms with E-state index in [0.717, 1.165) is 46.0 Å². The average molecular weight is 594 g/mol. The second-order valence-electron chi connectivity index (χ2n) is 10.2. The molecule has 5 rings (SSSR count). The molecule has 0 saturated carbocycles. The summed E-state index contributed by atoms with van der Waals surface area (Å²) >= 11 is 5.86. The Hall–Kier alpha value is -4.22. The molecule has 1 saturated heterocycles. The quantitative estimate of drug-likeness (QED) is 0.236. The molecule has 3 heterocycles. The van der Waals surface area contributed by atoms with E-state index in [2.05, 4.69) is 15.6 Å². The summed E-state index contributed by atoms with van der Waals surface area (Å²) < 4.78 is 47.4. The Morgan fingerprint density at radius 3 is 2.50 bits per heavy atom. The number of amides is 1. The topological polar surface area (TPSA) is 71.4 Å². The smallest absolute Gasteiger partial charge is 0.375 e. The van der Waals surface area contributed by atoms with Crippen molar-refractivity contribution in [3.8, 4) is 5.69 Å². The van der Waals surface area contributed by atoms with Crippen LogP contribution in [0, 0.1) is 20.8 Å². The molecule has 0 radical (unpaired) electrons. The number of anilines is 2. The van der Waals surface area contributed by atoms with Gasteiger partial charge in [0.05, 0.1) is 23.3 Å². The van der Waals surface area contributed by atoms with Gasteiger partial charge >= 0.3 is 6.18 Å². The van der Waals surface area contributed by atoms with Crippen molar-refractivity contribution >= 4 is 34.6 Å². The van der Waals surface area contributed by atoms with Crippen LogP contribution in [0.1, 0.15) is 45.9 Å². The average Bonchev–Trinajstić information content (AvgIpc) is 3.44. The van der Waals surface area contributed by atoms with Crippen LogP contribution >= 0.6 is 12.2 Å². The van der Waals surface area contributed by atoms with Crippen molar-refractivity contribution in [1.82, 2.24) is 14.9 Å². The van der Waals surface area contributed by atoms with Gasteiger partial charge in [-0.1, -0.05) is 12.1 Å². The number of thiocarbonyl (C=S) groups is 1. The number of alkyl halides is 3. The lowest BCUT2D eigenvalue weighted by atomic mass is 9.96. The molecule has 1 aliphatic rings. The van der Waals surface area contributed by atoms with Gasteiger partial charge in [0.25, 0.3) is 0 Å². The van der Waals surface area contributed by atoms with Gasteiger partial charge in [0.15, 0.2) is 5.11 Å². The maximum atomic E-state index is 13.6. The highest BCUT2D eigenvalue weighted by molar-refractivity contribution is 7.80. The molecule has 2 N–H and O–H groups in total. The molecule has 0 bridgehead atoms. The van der Waals surface area contributed by atoms with E-state index in [1.807, 2.05) is 72.7 Å². The number of nitrogens with one attached hydrogen (secondary N) is 2. The zero-order chi connectivity index (χ0) is 30.2. The van der Waals surface area contributed by atoms with Crippen molar-refractivity contribution in [3.05, 3.63) is 107 Å². The van der Waals surface area contributed by atoms with Crippen LogP contribution in [0.5, 0.6) is 0 Å². The highest BCUT2D eigenvalue weighted by atomic mass is 32.1. The predicted octanol–water partition coefficient (Wildman–Crippen LogP) is 6.58. The zero-order valence-corrected chi connectivity index (χ0v) is 24.3. The van der Waals surface area contributed by atoms with Crippen molar-refractivity contribution < 1.29 is 22.7 Å². The molecular weight excluding hydrogens is 563 g/mol. The Morgan fingerprint density at radius 1 is 1.05 bits per heavy atom. The molecule has 4 aromatic rings. The van der Waals surface area contributed by atoms with E-state index in [9.17, 15) is 18.0 Å². The maximum absolute atomic E-state index is 13.6. The standard InChI is InChI=1S/C31H30F3N5O2S/c1-18-14-23(11-12-25(18)36-27(40)17-41-4)39-29(28(37-30(39)42)26-10-5-6-13-35-26)24-15-19(2)38(20(24)3)22-9-7-8-21(16-22)31(32,33)34/h5-16,28-29H,17H2,1-4H3,(H,36,40)(H,37,42)/t28-,29-/m0/s1. The summed E-state index contributed by atoms with van der Waals surface area (Å²) in [5, 5.41) is 6.75. The fraction of sp³-hybridized carbons (Fsp3) is 0.258. The number of carbonyl (C=O) groups is 1. The lowest BCUT2D eigenvalue weighted by Gasteiger charge is -2.29. The number of nitrogens with zero attached hydrogens (tertiary/aromatic N) is 3. The van der Waals surface area contributed by atoms with Crippen LogP contribution in [0.25, 0.3) is 5.69 Å². The normalized spacial score (nSPS) is 16.9. The van der Waals surface area contributed by atoms with Crippen molar-refractivity contribution in [1.29, 1.82) is 0 Å². The highest BCUT2D eigenvalue weighted by Crippen LogP contribution is 2.44.